The minimum absolute atomic E-state index is 0.0858. The molecule has 0 spiro atoms. The fraction of sp³-hybridized carbons (Fsp3) is 0.300. The Morgan fingerprint density at radius 3 is 2.53 bits per heavy atom. The first kappa shape index (κ1) is 11.7. The molecule has 1 aromatic carbocycles. The maximum atomic E-state index is 11.2. The molecule has 82 valence electrons. The second-order valence-electron chi connectivity index (χ2n) is 3.28. The standard InChI is InChI=1S/C10H12O4S/c1-15(13,14)10-5-4-8(3-2-6-11)7-9(10)12/h4-7,12H,2-3H2,1H3. The molecule has 4 nitrogen and oxygen atoms in total. The maximum absolute atomic E-state index is 11.2. The van der Waals surface area contributed by atoms with Gasteiger partial charge in [0.1, 0.15) is 16.9 Å². The molecule has 0 saturated heterocycles. The van der Waals surface area contributed by atoms with Gasteiger partial charge >= 0.3 is 0 Å². The monoisotopic (exact) mass is 228 g/mol. The highest BCUT2D eigenvalue weighted by Crippen LogP contribution is 2.23. The molecule has 15 heavy (non-hydrogen) atoms. The molecule has 5 heteroatoms. The maximum Gasteiger partial charge on any atom is 0.179 e. The van der Waals surface area contributed by atoms with Gasteiger partial charge in [-0.2, -0.15) is 0 Å². The van der Waals surface area contributed by atoms with Crippen LogP contribution in [-0.2, 0) is 21.1 Å². The van der Waals surface area contributed by atoms with Crippen molar-refractivity contribution in [1.82, 2.24) is 0 Å². The molecule has 1 N–H and O–H groups in total. The Morgan fingerprint density at radius 2 is 2.07 bits per heavy atom. The Bertz CT molecular complexity index is 462. The van der Waals surface area contributed by atoms with Crippen molar-refractivity contribution in [3.63, 3.8) is 0 Å². The molecule has 0 aliphatic rings. The minimum Gasteiger partial charge on any atom is -0.507 e. The van der Waals surface area contributed by atoms with Crippen molar-refractivity contribution in [2.24, 2.45) is 0 Å². The molecular formula is C10H12O4S. The van der Waals surface area contributed by atoms with Crippen LogP contribution in [0.2, 0.25) is 0 Å². The Kier molecular flexibility index (Phi) is 3.47. The number of phenolic OH excluding ortho intramolecular Hbond substituents is 1. The van der Waals surface area contributed by atoms with Gasteiger partial charge in [0, 0.05) is 12.7 Å². The summed E-state index contributed by atoms with van der Waals surface area (Å²) in [6, 6.07) is 4.32. The number of hydrogen-bond acceptors (Lipinski definition) is 4. The van der Waals surface area contributed by atoms with Crippen LogP contribution in [0.4, 0.5) is 0 Å². The van der Waals surface area contributed by atoms with Crippen LogP contribution in [0.15, 0.2) is 23.1 Å². The third kappa shape index (κ3) is 3.06. The van der Waals surface area contributed by atoms with Gasteiger partial charge in [-0.1, -0.05) is 6.07 Å². The lowest BCUT2D eigenvalue weighted by atomic mass is 10.1. The van der Waals surface area contributed by atoms with Crippen LogP contribution in [0.1, 0.15) is 12.0 Å². The first-order chi connectivity index (χ1) is 6.95. The topological polar surface area (TPSA) is 71.4 Å². The number of aldehydes is 1. The van der Waals surface area contributed by atoms with E-state index in [-0.39, 0.29) is 10.6 Å². The number of phenols is 1. The highest BCUT2D eigenvalue weighted by atomic mass is 32.2. The number of hydrogen-bond donors (Lipinski definition) is 1. The normalized spacial score (nSPS) is 11.3. The Morgan fingerprint density at radius 1 is 1.40 bits per heavy atom. The fourth-order valence-corrected chi connectivity index (χ4v) is 2.01. The number of aryl methyl sites for hydroxylation is 1. The van der Waals surface area contributed by atoms with Crippen molar-refractivity contribution in [3.8, 4) is 5.75 Å². The zero-order chi connectivity index (χ0) is 11.5. The van der Waals surface area contributed by atoms with Gasteiger partial charge in [-0.3, -0.25) is 0 Å². The number of carbonyl (C=O) groups excluding carboxylic acids is 1. The molecule has 0 aliphatic heterocycles. The molecule has 0 saturated carbocycles. The molecule has 0 amide bonds. The molecular weight excluding hydrogens is 216 g/mol. The lowest BCUT2D eigenvalue weighted by Gasteiger charge is -2.04. The second-order valence-corrected chi connectivity index (χ2v) is 5.26. The van der Waals surface area contributed by atoms with E-state index in [1.54, 1.807) is 6.07 Å². The van der Waals surface area contributed by atoms with E-state index in [1.165, 1.54) is 12.1 Å². The van der Waals surface area contributed by atoms with E-state index >= 15 is 0 Å². The van der Waals surface area contributed by atoms with Crippen molar-refractivity contribution in [1.29, 1.82) is 0 Å². The number of aromatic hydroxyl groups is 1. The fourth-order valence-electron chi connectivity index (χ4n) is 1.26. The highest BCUT2D eigenvalue weighted by molar-refractivity contribution is 7.90. The highest BCUT2D eigenvalue weighted by Gasteiger charge is 2.12. The largest absolute Gasteiger partial charge is 0.507 e. The predicted octanol–water partition coefficient (Wildman–Crippen LogP) is 0.927. The van der Waals surface area contributed by atoms with E-state index in [0.29, 0.717) is 12.8 Å². The molecule has 0 heterocycles. The zero-order valence-corrected chi connectivity index (χ0v) is 9.12. The number of benzene rings is 1. The van der Waals surface area contributed by atoms with Crippen LogP contribution in [0.25, 0.3) is 0 Å². The van der Waals surface area contributed by atoms with Gasteiger partial charge in [0.25, 0.3) is 0 Å². The van der Waals surface area contributed by atoms with E-state index in [1.807, 2.05) is 0 Å². The molecule has 0 aromatic heterocycles. The zero-order valence-electron chi connectivity index (χ0n) is 8.30. The smallest absolute Gasteiger partial charge is 0.179 e. The van der Waals surface area contributed by atoms with Crippen LogP contribution in [0.5, 0.6) is 5.75 Å². The van der Waals surface area contributed by atoms with Crippen LogP contribution in [0.3, 0.4) is 0 Å². The third-order valence-corrected chi connectivity index (χ3v) is 3.12. The summed E-state index contributed by atoms with van der Waals surface area (Å²) in [5.74, 6) is -0.263. The number of sulfone groups is 1. The van der Waals surface area contributed by atoms with Gasteiger partial charge < -0.3 is 9.90 Å². The van der Waals surface area contributed by atoms with E-state index in [9.17, 15) is 18.3 Å². The van der Waals surface area contributed by atoms with Crippen LogP contribution in [-0.4, -0.2) is 26.1 Å². The van der Waals surface area contributed by atoms with Crippen LogP contribution >= 0.6 is 0 Å². The van der Waals surface area contributed by atoms with Crippen molar-refractivity contribution in [2.45, 2.75) is 17.7 Å². The predicted molar refractivity (Wildman–Crippen MR) is 55.6 cm³/mol. The first-order valence-corrected chi connectivity index (χ1v) is 6.30. The van der Waals surface area contributed by atoms with Crippen molar-refractivity contribution in [3.05, 3.63) is 23.8 Å². The number of carbonyl (C=O) groups is 1. The Labute approximate surface area is 88.5 Å². The molecule has 0 atom stereocenters. The Balaban J connectivity index is 3.04. The van der Waals surface area contributed by atoms with Gasteiger partial charge in [-0.15, -0.1) is 0 Å². The molecule has 0 bridgehead atoms. The molecule has 1 rings (SSSR count). The summed E-state index contributed by atoms with van der Waals surface area (Å²) in [5, 5.41) is 9.46. The van der Waals surface area contributed by atoms with Crippen molar-refractivity contribution in [2.75, 3.05) is 6.26 Å². The first-order valence-electron chi connectivity index (χ1n) is 4.40. The lowest BCUT2D eigenvalue weighted by Crippen LogP contribution is -1.98. The molecule has 0 unspecified atom stereocenters. The number of rotatable bonds is 4. The summed E-state index contributed by atoms with van der Waals surface area (Å²) in [6.45, 7) is 0. The third-order valence-electron chi connectivity index (χ3n) is 1.97. The van der Waals surface area contributed by atoms with E-state index in [4.69, 9.17) is 0 Å². The molecule has 0 radical (unpaired) electrons. The van der Waals surface area contributed by atoms with Crippen LogP contribution in [0, 0.1) is 0 Å². The average molecular weight is 228 g/mol. The second kappa shape index (κ2) is 4.44. The van der Waals surface area contributed by atoms with E-state index < -0.39 is 9.84 Å². The summed E-state index contributed by atoms with van der Waals surface area (Å²) in [6.07, 6.45) is 2.67. The van der Waals surface area contributed by atoms with Gasteiger partial charge in [0.05, 0.1) is 0 Å². The summed E-state index contributed by atoms with van der Waals surface area (Å²) in [5.41, 5.74) is 0.743. The molecule has 0 fully saturated rings. The minimum atomic E-state index is -3.39. The quantitative estimate of drug-likeness (QED) is 0.778. The summed E-state index contributed by atoms with van der Waals surface area (Å²) in [7, 11) is -3.39. The van der Waals surface area contributed by atoms with E-state index in [0.717, 1.165) is 18.1 Å². The SMILES string of the molecule is CS(=O)(=O)c1ccc(CCC=O)cc1O. The van der Waals surface area contributed by atoms with Gasteiger partial charge in [0.15, 0.2) is 9.84 Å². The van der Waals surface area contributed by atoms with Gasteiger partial charge in [-0.05, 0) is 24.1 Å². The van der Waals surface area contributed by atoms with Gasteiger partial charge in [-0.25, -0.2) is 8.42 Å². The Hall–Kier alpha value is -1.36. The van der Waals surface area contributed by atoms with Crippen molar-refractivity contribution >= 4 is 16.1 Å². The van der Waals surface area contributed by atoms with E-state index in [2.05, 4.69) is 0 Å². The van der Waals surface area contributed by atoms with Crippen molar-refractivity contribution < 1.29 is 18.3 Å². The molecule has 1 aromatic rings. The van der Waals surface area contributed by atoms with Gasteiger partial charge in [0.2, 0.25) is 0 Å². The summed E-state index contributed by atoms with van der Waals surface area (Å²) < 4.78 is 22.3. The lowest BCUT2D eigenvalue weighted by molar-refractivity contribution is -0.107. The summed E-state index contributed by atoms with van der Waals surface area (Å²) >= 11 is 0. The summed E-state index contributed by atoms with van der Waals surface area (Å²) in [4.78, 5) is 10.0. The average Bonchev–Trinajstić information content (AvgIpc) is 2.12. The molecule has 0 aliphatic carbocycles. The van der Waals surface area contributed by atoms with Crippen LogP contribution < -0.4 is 0 Å².